The summed E-state index contributed by atoms with van der Waals surface area (Å²) in [6, 6.07) is 2.83. The number of halogens is 1. The van der Waals surface area contributed by atoms with E-state index in [0.29, 0.717) is 11.4 Å². The molecule has 94 valence electrons. The van der Waals surface area contributed by atoms with Crippen molar-refractivity contribution in [3.8, 4) is 0 Å². The number of nitrogens with one attached hydrogen (secondary N) is 1. The Kier molecular flexibility index (Phi) is 3.62. The molecule has 1 aliphatic carbocycles. The smallest absolute Gasteiger partial charge is 0.310 e. The second-order valence-corrected chi connectivity index (χ2v) is 4.44. The van der Waals surface area contributed by atoms with E-state index in [1.165, 1.54) is 12.3 Å². The minimum absolute atomic E-state index is 0.256. The van der Waals surface area contributed by atoms with Gasteiger partial charge >= 0.3 is 5.97 Å². The summed E-state index contributed by atoms with van der Waals surface area (Å²) in [6.07, 6.45) is 5.03. The van der Waals surface area contributed by atoms with Gasteiger partial charge in [-0.2, -0.15) is 0 Å². The molecule has 5 nitrogen and oxygen atoms in total. The summed E-state index contributed by atoms with van der Waals surface area (Å²) in [5.74, 6) is -1.76. The lowest BCUT2D eigenvalue weighted by Crippen LogP contribution is -2.33. The molecule has 18 heavy (non-hydrogen) atoms. The summed E-state index contributed by atoms with van der Waals surface area (Å²) in [5.41, 5.74) is 0.256. The number of hydrogen-bond donors (Lipinski definition) is 2. The van der Waals surface area contributed by atoms with E-state index >= 15 is 0 Å². The van der Waals surface area contributed by atoms with Gasteiger partial charge in [0.1, 0.15) is 5.69 Å². The molecular formula is C12H11ClN2O3. The molecule has 0 saturated heterocycles. The number of nitrogens with zero attached hydrogens (tertiary/aromatic N) is 1. The fraction of sp³-hybridized carbons (Fsp3) is 0.250. The summed E-state index contributed by atoms with van der Waals surface area (Å²) in [6.45, 7) is 0. The molecule has 0 aliphatic heterocycles. The van der Waals surface area contributed by atoms with E-state index in [1.807, 2.05) is 0 Å². The number of rotatable bonds is 3. The number of carbonyl (C=O) groups excluding carboxylic acids is 1. The summed E-state index contributed by atoms with van der Waals surface area (Å²) < 4.78 is 0. The number of hydrogen-bond acceptors (Lipinski definition) is 3. The van der Waals surface area contributed by atoms with E-state index in [0.717, 1.165) is 0 Å². The van der Waals surface area contributed by atoms with Crippen LogP contribution in [-0.4, -0.2) is 28.0 Å². The average molecular weight is 267 g/mol. The largest absolute Gasteiger partial charge is 0.481 e. The molecule has 6 heteroatoms. The van der Waals surface area contributed by atoms with Gasteiger partial charge in [-0.15, -0.1) is 0 Å². The molecule has 2 atom stereocenters. The third-order valence-electron chi connectivity index (χ3n) is 2.68. The summed E-state index contributed by atoms with van der Waals surface area (Å²) >= 11 is 5.67. The Bertz CT molecular complexity index is 499. The first-order valence-electron chi connectivity index (χ1n) is 5.40. The zero-order valence-electron chi connectivity index (χ0n) is 9.34. The van der Waals surface area contributed by atoms with Gasteiger partial charge in [0.05, 0.1) is 10.9 Å². The van der Waals surface area contributed by atoms with Crippen molar-refractivity contribution < 1.29 is 14.7 Å². The first-order valence-corrected chi connectivity index (χ1v) is 5.77. The van der Waals surface area contributed by atoms with Crippen molar-refractivity contribution in [3.63, 3.8) is 0 Å². The fourth-order valence-electron chi connectivity index (χ4n) is 1.74. The van der Waals surface area contributed by atoms with Crippen LogP contribution in [0.2, 0.25) is 5.02 Å². The highest BCUT2D eigenvalue weighted by Gasteiger charge is 2.25. The molecule has 0 radical (unpaired) electrons. The molecule has 0 fully saturated rings. The monoisotopic (exact) mass is 266 g/mol. The van der Waals surface area contributed by atoms with Gasteiger partial charge in [-0.3, -0.25) is 9.59 Å². The van der Waals surface area contributed by atoms with Crippen molar-refractivity contribution in [1.29, 1.82) is 0 Å². The predicted octanol–water partition coefficient (Wildman–Crippen LogP) is 1.49. The molecule has 0 bridgehead atoms. The van der Waals surface area contributed by atoms with Crippen LogP contribution in [0.15, 0.2) is 30.5 Å². The van der Waals surface area contributed by atoms with Crippen LogP contribution in [0, 0.1) is 5.92 Å². The third kappa shape index (κ3) is 2.87. The van der Waals surface area contributed by atoms with Crippen molar-refractivity contribution >= 4 is 23.5 Å². The van der Waals surface area contributed by atoms with Crippen molar-refractivity contribution in [1.82, 2.24) is 10.3 Å². The molecular weight excluding hydrogens is 256 g/mol. The molecule has 1 amide bonds. The first kappa shape index (κ1) is 12.6. The van der Waals surface area contributed by atoms with Gasteiger partial charge < -0.3 is 10.4 Å². The minimum atomic E-state index is -0.882. The van der Waals surface area contributed by atoms with Crippen molar-refractivity contribution in [2.75, 3.05) is 0 Å². The lowest BCUT2D eigenvalue weighted by molar-refractivity contribution is -0.140. The number of pyridine rings is 1. The summed E-state index contributed by atoms with van der Waals surface area (Å²) in [7, 11) is 0. The SMILES string of the molecule is O=C(NC1C=CC(C(=O)O)C1)c1ccc(Cl)cn1. The molecule has 1 heterocycles. The van der Waals surface area contributed by atoms with Crippen LogP contribution in [0.5, 0.6) is 0 Å². The molecule has 1 aliphatic rings. The molecule has 0 aromatic carbocycles. The minimum Gasteiger partial charge on any atom is -0.481 e. The van der Waals surface area contributed by atoms with E-state index < -0.39 is 11.9 Å². The third-order valence-corrected chi connectivity index (χ3v) is 2.90. The van der Waals surface area contributed by atoms with Gasteiger partial charge in [-0.25, -0.2) is 4.98 Å². The first-order chi connectivity index (χ1) is 8.56. The Morgan fingerprint density at radius 1 is 1.39 bits per heavy atom. The Morgan fingerprint density at radius 3 is 2.72 bits per heavy atom. The maximum Gasteiger partial charge on any atom is 0.310 e. The van der Waals surface area contributed by atoms with Crippen LogP contribution >= 0.6 is 11.6 Å². The predicted molar refractivity (Wildman–Crippen MR) is 65.4 cm³/mol. The van der Waals surface area contributed by atoms with E-state index in [1.54, 1.807) is 18.2 Å². The van der Waals surface area contributed by atoms with Crippen molar-refractivity contribution in [3.05, 3.63) is 41.2 Å². The molecule has 0 saturated carbocycles. The lowest BCUT2D eigenvalue weighted by atomic mass is 10.1. The van der Waals surface area contributed by atoms with Crippen molar-refractivity contribution in [2.24, 2.45) is 5.92 Å². The van der Waals surface area contributed by atoms with Crippen LogP contribution in [0.3, 0.4) is 0 Å². The number of aliphatic carboxylic acids is 1. The maximum atomic E-state index is 11.8. The molecule has 2 unspecified atom stereocenters. The number of aromatic nitrogens is 1. The lowest BCUT2D eigenvalue weighted by Gasteiger charge is -2.11. The summed E-state index contributed by atoms with van der Waals surface area (Å²) in [5, 5.41) is 12.0. The highest BCUT2D eigenvalue weighted by atomic mass is 35.5. The van der Waals surface area contributed by atoms with Gasteiger partial charge in [0.15, 0.2) is 0 Å². The fourth-order valence-corrected chi connectivity index (χ4v) is 1.85. The zero-order chi connectivity index (χ0) is 13.1. The number of carboxylic acids is 1. The van der Waals surface area contributed by atoms with Crippen LogP contribution in [-0.2, 0) is 4.79 Å². The van der Waals surface area contributed by atoms with Gasteiger partial charge in [0.25, 0.3) is 5.91 Å². The van der Waals surface area contributed by atoms with E-state index in [-0.39, 0.29) is 17.6 Å². The Labute approximate surface area is 108 Å². The van der Waals surface area contributed by atoms with Gasteiger partial charge in [0, 0.05) is 12.2 Å². The van der Waals surface area contributed by atoms with Crippen molar-refractivity contribution in [2.45, 2.75) is 12.5 Å². The second kappa shape index (κ2) is 5.18. The molecule has 1 aromatic heterocycles. The summed E-state index contributed by atoms with van der Waals surface area (Å²) in [4.78, 5) is 26.4. The normalized spacial score (nSPS) is 21.8. The topological polar surface area (TPSA) is 79.3 Å². The van der Waals surface area contributed by atoms with Crippen LogP contribution in [0.25, 0.3) is 0 Å². The Hall–Kier alpha value is -1.88. The highest BCUT2D eigenvalue weighted by molar-refractivity contribution is 6.30. The van der Waals surface area contributed by atoms with E-state index in [2.05, 4.69) is 10.3 Å². The number of amides is 1. The van der Waals surface area contributed by atoms with E-state index in [9.17, 15) is 9.59 Å². The van der Waals surface area contributed by atoms with Gasteiger partial charge in [0.2, 0.25) is 0 Å². The van der Waals surface area contributed by atoms with Gasteiger partial charge in [-0.1, -0.05) is 23.8 Å². The Morgan fingerprint density at radius 2 is 2.17 bits per heavy atom. The van der Waals surface area contributed by atoms with Gasteiger partial charge in [-0.05, 0) is 18.6 Å². The number of carboxylic acid groups (broad SMARTS) is 1. The Balaban J connectivity index is 1.95. The average Bonchev–Trinajstić information content (AvgIpc) is 2.78. The van der Waals surface area contributed by atoms with Crippen LogP contribution in [0.1, 0.15) is 16.9 Å². The molecule has 2 N–H and O–H groups in total. The number of carbonyl (C=O) groups is 2. The molecule has 1 aromatic rings. The van der Waals surface area contributed by atoms with E-state index in [4.69, 9.17) is 16.7 Å². The second-order valence-electron chi connectivity index (χ2n) is 4.01. The zero-order valence-corrected chi connectivity index (χ0v) is 10.1. The maximum absolute atomic E-state index is 11.8. The van der Waals surface area contributed by atoms with Crippen LogP contribution in [0.4, 0.5) is 0 Å². The quantitative estimate of drug-likeness (QED) is 0.813. The molecule has 2 rings (SSSR count). The van der Waals surface area contributed by atoms with Crippen LogP contribution < -0.4 is 5.32 Å². The molecule has 0 spiro atoms. The standard InChI is InChI=1S/C12H11ClN2O3/c13-8-2-4-10(14-6-8)11(16)15-9-3-1-7(5-9)12(17)18/h1-4,6-7,9H,5H2,(H,15,16)(H,17,18). The highest BCUT2D eigenvalue weighted by Crippen LogP contribution is 2.18.